The summed E-state index contributed by atoms with van der Waals surface area (Å²) in [5, 5.41) is 9.19. The average molecular weight is 231 g/mol. The Bertz CT molecular complexity index is 588. The Kier molecular flexibility index (Phi) is 2.84. The molecule has 0 spiro atoms. The summed E-state index contributed by atoms with van der Waals surface area (Å²) in [7, 11) is 0. The zero-order valence-electron chi connectivity index (χ0n) is 9.10. The van der Waals surface area contributed by atoms with Gasteiger partial charge in [-0.3, -0.25) is 4.79 Å². The second kappa shape index (κ2) is 4.31. The quantitative estimate of drug-likeness (QED) is 0.613. The van der Waals surface area contributed by atoms with Gasteiger partial charge in [-0.2, -0.15) is 0 Å². The lowest BCUT2D eigenvalue weighted by atomic mass is 10.1. The first-order valence-corrected chi connectivity index (χ1v) is 5.13. The minimum atomic E-state index is -0.246. The van der Waals surface area contributed by atoms with E-state index in [1.165, 1.54) is 12.1 Å². The average Bonchev–Trinajstić information content (AvgIpc) is 2.33. The number of aromatic amines is 1. The molecule has 1 aromatic carbocycles. The molecule has 0 saturated carbocycles. The maximum Gasteiger partial charge on any atom is 0.253 e. The highest BCUT2D eigenvalue weighted by Crippen LogP contribution is 2.24. The minimum absolute atomic E-state index is 0.148. The van der Waals surface area contributed by atoms with Crippen LogP contribution >= 0.6 is 0 Å². The number of anilines is 1. The number of nitrogens with one attached hydrogen (secondary N) is 1. The van der Waals surface area contributed by atoms with Crippen molar-refractivity contribution in [2.24, 2.45) is 5.73 Å². The van der Waals surface area contributed by atoms with Gasteiger partial charge >= 0.3 is 0 Å². The molecule has 0 unspecified atom stereocenters. The molecule has 1 aromatic heterocycles. The standard InChI is InChI=1S/C12H13N3O2/c13-6-8-5-10(14)11(15-12(8)17)7-1-3-9(16)4-2-7/h1-5,16H,6,13-14H2,(H,15,17). The van der Waals surface area contributed by atoms with Crippen LogP contribution in [-0.2, 0) is 6.54 Å². The van der Waals surface area contributed by atoms with Crippen LogP contribution in [0.3, 0.4) is 0 Å². The Balaban J connectivity index is 2.56. The summed E-state index contributed by atoms with van der Waals surface area (Å²) in [6.45, 7) is 0.148. The molecule has 5 heteroatoms. The van der Waals surface area contributed by atoms with Gasteiger partial charge < -0.3 is 21.6 Å². The summed E-state index contributed by atoms with van der Waals surface area (Å²) in [6.07, 6.45) is 0. The van der Waals surface area contributed by atoms with E-state index in [4.69, 9.17) is 11.5 Å². The zero-order valence-corrected chi connectivity index (χ0v) is 9.10. The molecule has 2 aromatic rings. The molecule has 0 radical (unpaired) electrons. The second-order valence-electron chi connectivity index (χ2n) is 3.71. The Hall–Kier alpha value is -2.27. The molecule has 2 rings (SSSR count). The molecule has 17 heavy (non-hydrogen) atoms. The summed E-state index contributed by atoms with van der Waals surface area (Å²) in [6, 6.07) is 7.99. The third kappa shape index (κ3) is 2.14. The Morgan fingerprint density at radius 2 is 1.88 bits per heavy atom. The van der Waals surface area contributed by atoms with Crippen LogP contribution in [0.15, 0.2) is 35.1 Å². The number of phenols is 1. The predicted octanol–water partition coefficient (Wildman–Crippen LogP) is 0.788. The smallest absolute Gasteiger partial charge is 0.253 e. The fourth-order valence-electron chi connectivity index (χ4n) is 1.61. The number of hydrogen-bond acceptors (Lipinski definition) is 4. The molecular formula is C12H13N3O2. The summed E-state index contributed by atoms with van der Waals surface area (Å²) in [5.74, 6) is 0.160. The first-order valence-electron chi connectivity index (χ1n) is 5.13. The number of phenolic OH excluding ortho intramolecular Hbond substituents is 1. The topological polar surface area (TPSA) is 105 Å². The largest absolute Gasteiger partial charge is 0.508 e. The number of nitrogen functional groups attached to an aromatic ring is 1. The lowest BCUT2D eigenvalue weighted by molar-refractivity contribution is 0.475. The van der Waals surface area contributed by atoms with Gasteiger partial charge in [-0.1, -0.05) is 0 Å². The van der Waals surface area contributed by atoms with Gasteiger partial charge in [0.05, 0.1) is 11.4 Å². The molecule has 88 valence electrons. The first kappa shape index (κ1) is 11.2. The molecule has 0 atom stereocenters. The summed E-state index contributed by atoms with van der Waals surface area (Å²) in [5.41, 5.74) is 13.2. The SMILES string of the molecule is NCc1cc(N)c(-c2ccc(O)cc2)[nH]c1=O. The number of rotatable bonds is 2. The van der Waals surface area contributed by atoms with E-state index in [2.05, 4.69) is 4.98 Å². The van der Waals surface area contributed by atoms with Gasteiger partial charge in [-0.15, -0.1) is 0 Å². The highest BCUT2D eigenvalue weighted by atomic mass is 16.3. The van der Waals surface area contributed by atoms with Crippen LogP contribution in [0.4, 0.5) is 5.69 Å². The van der Waals surface area contributed by atoms with E-state index in [9.17, 15) is 9.90 Å². The Morgan fingerprint density at radius 1 is 1.24 bits per heavy atom. The van der Waals surface area contributed by atoms with Gasteiger partial charge in [-0.25, -0.2) is 0 Å². The Labute approximate surface area is 97.7 Å². The molecule has 0 aliphatic rings. The van der Waals surface area contributed by atoms with Crippen LogP contribution in [-0.4, -0.2) is 10.1 Å². The lowest BCUT2D eigenvalue weighted by Gasteiger charge is -2.07. The third-order valence-corrected chi connectivity index (χ3v) is 2.52. The van der Waals surface area contributed by atoms with Crippen molar-refractivity contribution in [2.45, 2.75) is 6.54 Å². The summed E-state index contributed by atoms with van der Waals surface area (Å²) >= 11 is 0. The van der Waals surface area contributed by atoms with Gasteiger partial charge in [0.1, 0.15) is 5.75 Å². The van der Waals surface area contributed by atoms with Gasteiger partial charge in [0, 0.05) is 17.7 Å². The Morgan fingerprint density at radius 3 is 2.47 bits per heavy atom. The van der Waals surface area contributed by atoms with Crippen molar-refractivity contribution in [3.8, 4) is 17.0 Å². The fraction of sp³-hybridized carbons (Fsp3) is 0.0833. The van der Waals surface area contributed by atoms with Gasteiger partial charge in [0.15, 0.2) is 0 Å². The molecule has 0 amide bonds. The summed E-state index contributed by atoms with van der Waals surface area (Å²) in [4.78, 5) is 14.3. The van der Waals surface area contributed by atoms with Gasteiger partial charge in [0.25, 0.3) is 5.56 Å². The van der Waals surface area contributed by atoms with E-state index in [1.54, 1.807) is 18.2 Å². The monoisotopic (exact) mass is 231 g/mol. The fourth-order valence-corrected chi connectivity index (χ4v) is 1.61. The normalized spacial score (nSPS) is 10.4. The molecule has 1 heterocycles. The van der Waals surface area contributed by atoms with E-state index >= 15 is 0 Å². The molecule has 0 fully saturated rings. The minimum Gasteiger partial charge on any atom is -0.508 e. The van der Waals surface area contributed by atoms with Crippen LogP contribution in [0.1, 0.15) is 5.56 Å². The van der Waals surface area contributed by atoms with Crippen LogP contribution < -0.4 is 17.0 Å². The number of H-pyrrole nitrogens is 1. The maximum absolute atomic E-state index is 11.6. The van der Waals surface area contributed by atoms with Crippen molar-refractivity contribution >= 4 is 5.69 Å². The van der Waals surface area contributed by atoms with Crippen LogP contribution in [0.25, 0.3) is 11.3 Å². The van der Waals surface area contributed by atoms with Crippen molar-refractivity contribution < 1.29 is 5.11 Å². The van der Waals surface area contributed by atoms with Crippen molar-refractivity contribution in [1.29, 1.82) is 0 Å². The van der Waals surface area contributed by atoms with E-state index < -0.39 is 0 Å². The first-order chi connectivity index (χ1) is 8.11. The summed E-state index contributed by atoms with van der Waals surface area (Å²) < 4.78 is 0. The van der Waals surface area contributed by atoms with Crippen molar-refractivity contribution in [2.75, 3.05) is 5.73 Å². The van der Waals surface area contributed by atoms with E-state index in [1.807, 2.05) is 0 Å². The number of aromatic nitrogens is 1. The number of benzene rings is 1. The third-order valence-electron chi connectivity index (χ3n) is 2.52. The van der Waals surface area contributed by atoms with Gasteiger partial charge in [0.2, 0.25) is 0 Å². The van der Waals surface area contributed by atoms with E-state index in [0.29, 0.717) is 16.9 Å². The highest BCUT2D eigenvalue weighted by molar-refractivity contribution is 5.73. The van der Waals surface area contributed by atoms with Crippen LogP contribution in [0, 0.1) is 0 Å². The van der Waals surface area contributed by atoms with Gasteiger partial charge in [-0.05, 0) is 30.3 Å². The van der Waals surface area contributed by atoms with E-state index in [0.717, 1.165) is 5.56 Å². The maximum atomic E-state index is 11.6. The number of pyridine rings is 1. The molecular weight excluding hydrogens is 218 g/mol. The van der Waals surface area contributed by atoms with Crippen LogP contribution in [0.2, 0.25) is 0 Å². The molecule has 5 nitrogen and oxygen atoms in total. The predicted molar refractivity (Wildman–Crippen MR) is 66.5 cm³/mol. The van der Waals surface area contributed by atoms with Crippen molar-refractivity contribution in [3.05, 3.63) is 46.2 Å². The molecule has 0 aliphatic heterocycles. The zero-order chi connectivity index (χ0) is 12.4. The van der Waals surface area contributed by atoms with Crippen molar-refractivity contribution in [3.63, 3.8) is 0 Å². The lowest BCUT2D eigenvalue weighted by Crippen LogP contribution is -2.17. The molecule has 6 N–H and O–H groups in total. The second-order valence-corrected chi connectivity index (χ2v) is 3.71. The van der Waals surface area contributed by atoms with Crippen LogP contribution in [0.5, 0.6) is 5.75 Å². The highest BCUT2D eigenvalue weighted by Gasteiger charge is 2.07. The van der Waals surface area contributed by atoms with Crippen molar-refractivity contribution in [1.82, 2.24) is 4.98 Å². The number of nitrogens with two attached hydrogens (primary N) is 2. The number of hydrogen-bond donors (Lipinski definition) is 4. The number of aromatic hydroxyl groups is 1. The molecule has 0 bridgehead atoms. The van der Waals surface area contributed by atoms with E-state index in [-0.39, 0.29) is 17.9 Å². The molecule has 0 aliphatic carbocycles. The molecule has 0 saturated heterocycles.